The normalized spacial score (nSPS) is 12.3. The first-order chi connectivity index (χ1) is 6.72. The second kappa shape index (κ2) is 8.54. The molecule has 0 heterocycles. The van der Waals surface area contributed by atoms with Gasteiger partial charge in [-0.05, 0) is 25.7 Å². The highest BCUT2D eigenvalue weighted by Crippen LogP contribution is 2.08. The number of hydrogen-bond acceptors (Lipinski definition) is 1. The van der Waals surface area contributed by atoms with Gasteiger partial charge in [-0.3, -0.25) is 0 Å². The van der Waals surface area contributed by atoms with Gasteiger partial charge in [-0.1, -0.05) is 38.5 Å². The first-order valence-electron chi connectivity index (χ1n) is 5.29. The van der Waals surface area contributed by atoms with Gasteiger partial charge in [-0.25, -0.2) is 4.79 Å². The van der Waals surface area contributed by atoms with Gasteiger partial charge in [0.05, 0.1) is 0 Å². The lowest BCUT2D eigenvalue weighted by molar-refractivity contribution is -0.132. The molecule has 0 aromatic carbocycles. The van der Waals surface area contributed by atoms with Gasteiger partial charge >= 0.3 is 5.97 Å². The van der Waals surface area contributed by atoms with Crippen LogP contribution in [0.2, 0.25) is 0 Å². The van der Waals surface area contributed by atoms with E-state index in [1.807, 2.05) is 19.1 Å². The summed E-state index contributed by atoms with van der Waals surface area (Å²) in [4.78, 5) is 10.8. The van der Waals surface area contributed by atoms with Crippen LogP contribution < -0.4 is 0 Å². The molecular formula is C12H20O2. The molecule has 0 spiro atoms. The summed E-state index contributed by atoms with van der Waals surface area (Å²) in [6.45, 7) is 4.12. The summed E-state index contributed by atoms with van der Waals surface area (Å²) < 4.78 is 0. The van der Waals surface area contributed by atoms with Crippen LogP contribution in [0.25, 0.3) is 0 Å². The van der Waals surface area contributed by atoms with E-state index >= 15 is 0 Å². The average Bonchev–Trinajstić information content (AvgIpc) is 2.16. The van der Waals surface area contributed by atoms with E-state index in [0.717, 1.165) is 25.7 Å². The Kier molecular flexibility index (Phi) is 7.90. The lowest BCUT2D eigenvalue weighted by Crippen LogP contribution is -2.00. The zero-order valence-electron chi connectivity index (χ0n) is 9.12. The predicted molar refractivity (Wildman–Crippen MR) is 59.3 cm³/mol. The second-order valence-electron chi connectivity index (χ2n) is 3.24. The smallest absolute Gasteiger partial charge is 0.331 e. The monoisotopic (exact) mass is 196 g/mol. The Morgan fingerprint density at radius 3 is 2.43 bits per heavy atom. The van der Waals surface area contributed by atoms with Crippen LogP contribution in [-0.4, -0.2) is 11.1 Å². The van der Waals surface area contributed by atoms with Gasteiger partial charge in [0, 0.05) is 5.57 Å². The summed E-state index contributed by atoms with van der Waals surface area (Å²) in [5.41, 5.74) is 0.549. The first kappa shape index (κ1) is 12.9. The average molecular weight is 196 g/mol. The molecule has 2 heteroatoms. The Bertz CT molecular complexity index is 214. The summed E-state index contributed by atoms with van der Waals surface area (Å²) in [5, 5.41) is 8.86. The molecule has 0 radical (unpaired) electrons. The fourth-order valence-corrected chi connectivity index (χ4v) is 1.14. The Hall–Kier alpha value is -1.05. The maximum atomic E-state index is 10.8. The quantitative estimate of drug-likeness (QED) is 0.499. The Balaban J connectivity index is 3.98. The van der Waals surface area contributed by atoms with Crippen LogP contribution in [0.5, 0.6) is 0 Å². The van der Waals surface area contributed by atoms with Crippen molar-refractivity contribution in [3.05, 3.63) is 23.8 Å². The number of allylic oxidation sites excluding steroid dienone is 3. The van der Waals surface area contributed by atoms with E-state index in [2.05, 4.69) is 13.0 Å². The van der Waals surface area contributed by atoms with Crippen molar-refractivity contribution in [3.8, 4) is 0 Å². The van der Waals surface area contributed by atoms with Gasteiger partial charge in [0.1, 0.15) is 0 Å². The van der Waals surface area contributed by atoms with Crippen molar-refractivity contribution in [2.24, 2.45) is 0 Å². The molecular weight excluding hydrogens is 176 g/mol. The summed E-state index contributed by atoms with van der Waals surface area (Å²) in [6.07, 6.45) is 10.3. The molecule has 0 saturated carbocycles. The highest BCUT2D eigenvalue weighted by atomic mass is 16.4. The van der Waals surface area contributed by atoms with Crippen molar-refractivity contribution in [3.63, 3.8) is 0 Å². The summed E-state index contributed by atoms with van der Waals surface area (Å²) >= 11 is 0. The predicted octanol–water partition coefficient (Wildman–Crippen LogP) is 3.54. The van der Waals surface area contributed by atoms with Gasteiger partial charge in [0.25, 0.3) is 0 Å². The second-order valence-corrected chi connectivity index (χ2v) is 3.24. The molecule has 0 unspecified atom stereocenters. The van der Waals surface area contributed by atoms with Crippen LogP contribution in [0.4, 0.5) is 0 Å². The van der Waals surface area contributed by atoms with Gasteiger partial charge in [-0.2, -0.15) is 0 Å². The van der Waals surface area contributed by atoms with E-state index in [1.165, 1.54) is 0 Å². The number of carboxylic acids is 1. The Morgan fingerprint density at radius 1 is 1.21 bits per heavy atom. The van der Waals surface area contributed by atoms with Crippen molar-refractivity contribution in [1.82, 2.24) is 0 Å². The highest BCUT2D eigenvalue weighted by Gasteiger charge is 2.04. The summed E-state index contributed by atoms with van der Waals surface area (Å²) in [7, 11) is 0. The number of rotatable bonds is 7. The molecule has 0 fully saturated rings. The Morgan fingerprint density at radius 2 is 1.93 bits per heavy atom. The first-order valence-corrected chi connectivity index (χ1v) is 5.29. The number of aliphatic carboxylic acids is 1. The lowest BCUT2D eigenvalue weighted by atomic mass is 10.1. The molecule has 80 valence electrons. The molecule has 0 rings (SSSR count). The third-order valence-electron chi connectivity index (χ3n) is 1.94. The van der Waals surface area contributed by atoms with E-state index in [0.29, 0.717) is 12.0 Å². The highest BCUT2D eigenvalue weighted by molar-refractivity contribution is 5.86. The van der Waals surface area contributed by atoms with E-state index in [9.17, 15) is 4.79 Å². The molecule has 0 aromatic rings. The van der Waals surface area contributed by atoms with Crippen LogP contribution in [-0.2, 0) is 4.79 Å². The molecule has 0 aromatic heterocycles. The molecule has 0 bridgehead atoms. The van der Waals surface area contributed by atoms with Crippen LogP contribution in [0.3, 0.4) is 0 Å². The van der Waals surface area contributed by atoms with E-state index in [1.54, 1.807) is 0 Å². The number of carboxylic acid groups (broad SMARTS) is 1. The Labute approximate surface area is 86.3 Å². The largest absolute Gasteiger partial charge is 0.478 e. The third-order valence-corrected chi connectivity index (χ3v) is 1.94. The number of carbonyl (C=O) groups is 1. The molecule has 2 nitrogen and oxygen atoms in total. The van der Waals surface area contributed by atoms with Gasteiger partial charge in [0.2, 0.25) is 0 Å². The molecule has 14 heavy (non-hydrogen) atoms. The fraction of sp³-hybridized carbons (Fsp3) is 0.583. The van der Waals surface area contributed by atoms with Crippen molar-refractivity contribution < 1.29 is 9.90 Å². The van der Waals surface area contributed by atoms with E-state index in [-0.39, 0.29) is 0 Å². The minimum absolute atomic E-state index is 0.549. The number of unbranched alkanes of at least 4 members (excludes halogenated alkanes) is 1. The maximum Gasteiger partial charge on any atom is 0.331 e. The van der Waals surface area contributed by atoms with Crippen LogP contribution in [0.15, 0.2) is 23.8 Å². The van der Waals surface area contributed by atoms with Crippen molar-refractivity contribution in [2.45, 2.75) is 46.0 Å². The maximum absolute atomic E-state index is 10.8. The molecule has 1 N–H and O–H groups in total. The van der Waals surface area contributed by atoms with E-state index in [4.69, 9.17) is 5.11 Å². The molecule has 0 aliphatic rings. The molecule has 0 aliphatic heterocycles. The SMILES string of the molecule is CC/C=C\CC/C(=C/CCC)C(=O)O. The van der Waals surface area contributed by atoms with Crippen molar-refractivity contribution in [1.29, 1.82) is 0 Å². The van der Waals surface area contributed by atoms with E-state index < -0.39 is 5.97 Å². The standard InChI is InChI=1S/C12H20O2/c1-3-5-7-8-10-11(12(13)14)9-6-4-2/h5,7,9H,3-4,6,8,10H2,1-2H3,(H,13,14)/b7-5-,11-9-. The molecule has 0 atom stereocenters. The van der Waals surface area contributed by atoms with Gasteiger partial charge < -0.3 is 5.11 Å². The lowest BCUT2D eigenvalue weighted by Gasteiger charge is -1.99. The van der Waals surface area contributed by atoms with Gasteiger partial charge in [-0.15, -0.1) is 0 Å². The van der Waals surface area contributed by atoms with Crippen LogP contribution in [0, 0.1) is 0 Å². The zero-order valence-corrected chi connectivity index (χ0v) is 9.12. The van der Waals surface area contributed by atoms with Crippen LogP contribution in [0.1, 0.15) is 46.0 Å². The van der Waals surface area contributed by atoms with Gasteiger partial charge in [0.15, 0.2) is 0 Å². The molecule has 0 saturated heterocycles. The minimum atomic E-state index is -0.775. The summed E-state index contributed by atoms with van der Waals surface area (Å²) in [5.74, 6) is -0.775. The van der Waals surface area contributed by atoms with Crippen molar-refractivity contribution >= 4 is 5.97 Å². The molecule has 0 aliphatic carbocycles. The fourth-order valence-electron chi connectivity index (χ4n) is 1.14. The zero-order chi connectivity index (χ0) is 10.8. The summed E-state index contributed by atoms with van der Waals surface area (Å²) in [6, 6.07) is 0. The van der Waals surface area contributed by atoms with Crippen LogP contribution >= 0.6 is 0 Å². The van der Waals surface area contributed by atoms with Crippen molar-refractivity contribution in [2.75, 3.05) is 0 Å². The minimum Gasteiger partial charge on any atom is -0.478 e. The topological polar surface area (TPSA) is 37.3 Å². The molecule has 0 amide bonds. The third kappa shape index (κ3) is 6.46. The number of hydrogen-bond donors (Lipinski definition) is 1.